The van der Waals surface area contributed by atoms with E-state index in [4.69, 9.17) is 0 Å². The van der Waals surface area contributed by atoms with Crippen LogP contribution in [0.2, 0.25) is 0 Å². The van der Waals surface area contributed by atoms with Crippen molar-refractivity contribution in [3.8, 4) is 0 Å². The number of fused-ring (bicyclic) bond motifs is 1. The van der Waals surface area contributed by atoms with Gasteiger partial charge in [-0.05, 0) is 19.1 Å². The van der Waals surface area contributed by atoms with Gasteiger partial charge in [0, 0.05) is 7.05 Å². The molecular weight excluding hydrogens is 258 g/mol. The molecule has 102 valence electrons. The number of carboxylic acids is 1. The SMILES string of the molecule is CC(c1nncn1C)n1cnc2c(C(=O)O)cccc21. The van der Waals surface area contributed by atoms with Gasteiger partial charge in [-0.25, -0.2) is 9.78 Å². The topological polar surface area (TPSA) is 85.8 Å². The second-order valence-corrected chi connectivity index (χ2v) is 4.61. The number of para-hydroxylation sites is 1. The van der Waals surface area contributed by atoms with Gasteiger partial charge in [0.05, 0.1) is 23.4 Å². The van der Waals surface area contributed by atoms with Crippen molar-refractivity contribution in [1.29, 1.82) is 0 Å². The summed E-state index contributed by atoms with van der Waals surface area (Å²) in [6, 6.07) is 5.03. The number of hydrogen-bond acceptors (Lipinski definition) is 4. The fourth-order valence-electron chi connectivity index (χ4n) is 2.33. The molecule has 7 nitrogen and oxygen atoms in total. The van der Waals surface area contributed by atoms with E-state index in [1.165, 1.54) is 0 Å². The van der Waals surface area contributed by atoms with Gasteiger partial charge in [0.15, 0.2) is 5.82 Å². The molecule has 2 heterocycles. The molecule has 0 bridgehead atoms. The Labute approximate surface area is 114 Å². The highest BCUT2D eigenvalue weighted by atomic mass is 16.4. The maximum absolute atomic E-state index is 11.2. The van der Waals surface area contributed by atoms with E-state index >= 15 is 0 Å². The van der Waals surface area contributed by atoms with E-state index in [1.54, 1.807) is 24.8 Å². The Kier molecular flexibility index (Phi) is 2.74. The number of nitrogens with zero attached hydrogens (tertiary/aromatic N) is 5. The van der Waals surface area contributed by atoms with Gasteiger partial charge in [0.1, 0.15) is 11.8 Å². The van der Waals surface area contributed by atoms with Crippen LogP contribution in [0.4, 0.5) is 0 Å². The van der Waals surface area contributed by atoms with Gasteiger partial charge in [0.25, 0.3) is 0 Å². The zero-order chi connectivity index (χ0) is 14.3. The zero-order valence-electron chi connectivity index (χ0n) is 11.1. The fourth-order valence-corrected chi connectivity index (χ4v) is 2.33. The Morgan fingerprint density at radius 1 is 1.35 bits per heavy atom. The Morgan fingerprint density at radius 3 is 2.80 bits per heavy atom. The molecule has 0 radical (unpaired) electrons. The molecule has 0 aliphatic carbocycles. The quantitative estimate of drug-likeness (QED) is 0.779. The van der Waals surface area contributed by atoms with Crippen LogP contribution in [0.15, 0.2) is 30.9 Å². The largest absolute Gasteiger partial charge is 0.478 e. The summed E-state index contributed by atoms with van der Waals surface area (Å²) in [6.45, 7) is 1.97. The van der Waals surface area contributed by atoms with Crippen LogP contribution in [0.25, 0.3) is 11.0 Å². The van der Waals surface area contributed by atoms with Crippen LogP contribution >= 0.6 is 0 Å². The number of benzene rings is 1. The van der Waals surface area contributed by atoms with Crippen LogP contribution in [-0.2, 0) is 7.05 Å². The predicted molar refractivity (Wildman–Crippen MR) is 71.5 cm³/mol. The van der Waals surface area contributed by atoms with Gasteiger partial charge < -0.3 is 14.2 Å². The van der Waals surface area contributed by atoms with Gasteiger partial charge in [-0.1, -0.05) is 6.07 Å². The highest BCUT2D eigenvalue weighted by Crippen LogP contribution is 2.23. The molecule has 0 saturated heterocycles. The molecule has 3 rings (SSSR count). The van der Waals surface area contributed by atoms with Crippen molar-refractivity contribution in [1.82, 2.24) is 24.3 Å². The molecule has 0 amide bonds. The minimum atomic E-state index is -0.979. The lowest BCUT2D eigenvalue weighted by atomic mass is 10.2. The molecular formula is C13H13N5O2. The monoisotopic (exact) mass is 271 g/mol. The van der Waals surface area contributed by atoms with Gasteiger partial charge >= 0.3 is 5.97 Å². The lowest BCUT2D eigenvalue weighted by Gasteiger charge is -2.13. The summed E-state index contributed by atoms with van der Waals surface area (Å²) in [5.41, 5.74) is 1.45. The van der Waals surface area contributed by atoms with Crippen LogP contribution in [0.3, 0.4) is 0 Å². The van der Waals surface area contributed by atoms with E-state index in [0.29, 0.717) is 5.52 Å². The van der Waals surface area contributed by atoms with Crippen LogP contribution in [-0.4, -0.2) is 35.4 Å². The van der Waals surface area contributed by atoms with E-state index in [0.717, 1.165) is 11.3 Å². The summed E-state index contributed by atoms with van der Waals surface area (Å²) in [7, 11) is 1.87. The molecule has 1 N–H and O–H groups in total. The first-order chi connectivity index (χ1) is 9.59. The Bertz CT molecular complexity index is 789. The predicted octanol–water partition coefficient (Wildman–Crippen LogP) is 1.47. The molecule has 2 aromatic heterocycles. The number of aryl methyl sites for hydroxylation is 1. The van der Waals surface area contributed by atoms with Gasteiger partial charge in [-0.15, -0.1) is 10.2 Å². The van der Waals surface area contributed by atoms with Gasteiger partial charge in [0.2, 0.25) is 0 Å². The van der Waals surface area contributed by atoms with Crippen molar-refractivity contribution in [2.24, 2.45) is 7.05 Å². The van der Waals surface area contributed by atoms with E-state index in [1.807, 2.05) is 29.2 Å². The summed E-state index contributed by atoms with van der Waals surface area (Å²) in [5, 5.41) is 17.1. The van der Waals surface area contributed by atoms with Crippen LogP contribution in [0.5, 0.6) is 0 Å². The minimum absolute atomic E-state index is 0.0865. The summed E-state index contributed by atoms with van der Waals surface area (Å²) in [5.74, 6) is -0.197. The summed E-state index contributed by atoms with van der Waals surface area (Å²) < 4.78 is 3.73. The Morgan fingerprint density at radius 2 is 2.15 bits per heavy atom. The first-order valence-electron chi connectivity index (χ1n) is 6.12. The smallest absolute Gasteiger partial charge is 0.337 e. The average Bonchev–Trinajstić information content (AvgIpc) is 3.03. The van der Waals surface area contributed by atoms with Crippen LogP contribution in [0, 0.1) is 0 Å². The number of aromatic nitrogens is 5. The normalized spacial score (nSPS) is 12.7. The molecule has 7 heteroatoms. The highest BCUT2D eigenvalue weighted by Gasteiger charge is 2.18. The van der Waals surface area contributed by atoms with E-state index in [-0.39, 0.29) is 11.6 Å². The molecule has 0 spiro atoms. The van der Waals surface area contributed by atoms with Crippen molar-refractivity contribution in [2.75, 3.05) is 0 Å². The molecule has 20 heavy (non-hydrogen) atoms. The molecule has 0 saturated carbocycles. The van der Waals surface area contributed by atoms with Gasteiger partial charge in [-0.3, -0.25) is 0 Å². The first-order valence-corrected chi connectivity index (χ1v) is 6.12. The maximum Gasteiger partial charge on any atom is 0.337 e. The number of carbonyl (C=O) groups is 1. The van der Waals surface area contributed by atoms with Crippen LogP contribution < -0.4 is 0 Å². The number of rotatable bonds is 3. The van der Waals surface area contributed by atoms with Crippen molar-refractivity contribution in [3.63, 3.8) is 0 Å². The third-order valence-corrected chi connectivity index (χ3v) is 3.37. The third kappa shape index (κ3) is 1.75. The molecule has 3 aromatic rings. The highest BCUT2D eigenvalue weighted by molar-refractivity contribution is 6.00. The lowest BCUT2D eigenvalue weighted by molar-refractivity contribution is 0.0699. The van der Waals surface area contributed by atoms with Crippen LogP contribution in [0.1, 0.15) is 29.1 Å². The lowest BCUT2D eigenvalue weighted by Crippen LogP contribution is -2.11. The van der Waals surface area contributed by atoms with Crippen molar-refractivity contribution < 1.29 is 9.90 Å². The van der Waals surface area contributed by atoms with E-state index in [2.05, 4.69) is 15.2 Å². The number of hydrogen-bond donors (Lipinski definition) is 1. The maximum atomic E-state index is 11.2. The molecule has 1 aromatic carbocycles. The zero-order valence-corrected chi connectivity index (χ0v) is 11.1. The number of aromatic carboxylic acids is 1. The molecule has 1 unspecified atom stereocenters. The van der Waals surface area contributed by atoms with Crippen molar-refractivity contribution in [3.05, 3.63) is 42.2 Å². The van der Waals surface area contributed by atoms with E-state index < -0.39 is 5.97 Å². The molecule has 0 fully saturated rings. The third-order valence-electron chi connectivity index (χ3n) is 3.37. The molecule has 0 aliphatic heterocycles. The summed E-state index contributed by atoms with van der Waals surface area (Å²) in [6.07, 6.45) is 3.27. The Balaban J connectivity index is 2.16. The Hall–Kier alpha value is -2.70. The molecule has 0 aliphatic rings. The van der Waals surface area contributed by atoms with E-state index in [9.17, 15) is 9.90 Å². The minimum Gasteiger partial charge on any atom is -0.478 e. The second kappa shape index (κ2) is 4.44. The number of imidazole rings is 1. The average molecular weight is 271 g/mol. The van der Waals surface area contributed by atoms with Gasteiger partial charge in [-0.2, -0.15) is 0 Å². The standard InChI is InChI=1S/C13H13N5O2/c1-8(12-16-15-7-17(12)2)18-6-14-11-9(13(19)20)4-3-5-10(11)18/h3-8H,1-2H3,(H,19,20). The first kappa shape index (κ1) is 12.3. The second-order valence-electron chi connectivity index (χ2n) is 4.61. The van der Waals surface area contributed by atoms with Crippen molar-refractivity contribution >= 4 is 17.0 Å². The summed E-state index contributed by atoms with van der Waals surface area (Å²) >= 11 is 0. The molecule has 1 atom stereocenters. The van der Waals surface area contributed by atoms with Crippen molar-refractivity contribution in [2.45, 2.75) is 13.0 Å². The number of carboxylic acid groups (broad SMARTS) is 1. The summed E-state index contributed by atoms with van der Waals surface area (Å²) in [4.78, 5) is 15.4. The fraction of sp³-hybridized carbons (Fsp3) is 0.231.